The van der Waals surface area contributed by atoms with Gasteiger partial charge in [0.2, 0.25) is 0 Å². The third kappa shape index (κ3) is 5.33. The number of nitrogens with zero attached hydrogens (tertiary/aromatic N) is 1. The molecule has 35 heavy (non-hydrogen) atoms. The van der Waals surface area contributed by atoms with E-state index < -0.39 is 24.5 Å². The Labute approximate surface area is 203 Å². The van der Waals surface area contributed by atoms with Crippen LogP contribution in [0.3, 0.4) is 0 Å². The molecule has 1 aliphatic carbocycles. The first-order valence-electron chi connectivity index (χ1n) is 11.1. The van der Waals surface area contributed by atoms with Crippen molar-refractivity contribution in [1.29, 1.82) is 0 Å². The Balaban J connectivity index is 1.32. The minimum absolute atomic E-state index is 0.0183. The Hall–Kier alpha value is -4.57. The Morgan fingerprint density at radius 2 is 1.54 bits per heavy atom. The highest BCUT2D eigenvalue weighted by molar-refractivity contribution is 5.96. The molecule has 2 amide bonds. The molecule has 0 radical (unpaired) electrons. The van der Waals surface area contributed by atoms with Crippen LogP contribution in [-0.4, -0.2) is 47.7 Å². The van der Waals surface area contributed by atoms with Crippen LogP contribution in [0.25, 0.3) is 11.1 Å². The van der Waals surface area contributed by atoms with Crippen molar-refractivity contribution in [3.05, 3.63) is 95.1 Å². The van der Waals surface area contributed by atoms with E-state index in [9.17, 15) is 14.4 Å². The molecule has 7 nitrogen and oxygen atoms in total. The van der Waals surface area contributed by atoms with Crippen LogP contribution in [0.2, 0.25) is 0 Å². The molecule has 4 rings (SSSR count). The fourth-order valence-corrected chi connectivity index (χ4v) is 4.24. The summed E-state index contributed by atoms with van der Waals surface area (Å²) < 4.78 is 5.53. The van der Waals surface area contributed by atoms with Gasteiger partial charge in [-0.15, -0.1) is 6.42 Å². The maximum atomic E-state index is 12.5. The minimum atomic E-state index is -1.14. The molecule has 0 spiro atoms. The second-order valence-electron chi connectivity index (χ2n) is 8.14. The molecule has 2 N–H and O–H groups in total. The van der Waals surface area contributed by atoms with Crippen molar-refractivity contribution in [2.75, 3.05) is 19.7 Å². The van der Waals surface area contributed by atoms with Crippen molar-refractivity contribution in [2.24, 2.45) is 0 Å². The molecule has 176 valence electrons. The summed E-state index contributed by atoms with van der Waals surface area (Å²) in [7, 11) is 0. The van der Waals surface area contributed by atoms with Crippen molar-refractivity contribution in [3.8, 4) is 23.5 Å². The Kier molecular flexibility index (Phi) is 7.12. The van der Waals surface area contributed by atoms with Crippen LogP contribution in [-0.2, 0) is 16.1 Å². The number of carbonyl (C=O) groups excluding carboxylic acids is 2. The van der Waals surface area contributed by atoms with Gasteiger partial charge in [0.15, 0.2) is 0 Å². The first-order chi connectivity index (χ1) is 17.0. The minimum Gasteiger partial charge on any atom is -0.480 e. The topological polar surface area (TPSA) is 95.9 Å². The number of hydrogen-bond acceptors (Lipinski definition) is 4. The lowest BCUT2D eigenvalue weighted by Crippen LogP contribution is -2.36. The second kappa shape index (κ2) is 10.6. The summed E-state index contributed by atoms with van der Waals surface area (Å²) in [6, 6.07) is 22.8. The molecule has 1 aliphatic rings. The van der Waals surface area contributed by atoms with E-state index >= 15 is 0 Å². The van der Waals surface area contributed by atoms with Crippen LogP contribution in [0.5, 0.6) is 0 Å². The van der Waals surface area contributed by atoms with E-state index in [0.717, 1.165) is 32.7 Å². The van der Waals surface area contributed by atoms with Gasteiger partial charge in [-0.3, -0.25) is 9.59 Å². The number of fused-ring (bicyclic) bond motifs is 3. The number of carboxylic acids is 1. The summed E-state index contributed by atoms with van der Waals surface area (Å²) in [6.45, 7) is -0.138. The first kappa shape index (κ1) is 23.6. The van der Waals surface area contributed by atoms with Crippen LogP contribution < -0.4 is 5.32 Å². The van der Waals surface area contributed by atoms with Gasteiger partial charge in [-0.2, -0.15) is 0 Å². The smallest absolute Gasteiger partial charge is 0.407 e. The molecule has 0 heterocycles. The fourth-order valence-electron chi connectivity index (χ4n) is 4.24. The van der Waals surface area contributed by atoms with E-state index in [2.05, 4.69) is 35.5 Å². The van der Waals surface area contributed by atoms with E-state index in [-0.39, 0.29) is 25.6 Å². The van der Waals surface area contributed by atoms with E-state index in [1.165, 1.54) is 0 Å². The predicted molar refractivity (Wildman–Crippen MR) is 131 cm³/mol. The largest absolute Gasteiger partial charge is 0.480 e. The lowest BCUT2D eigenvalue weighted by atomic mass is 9.98. The number of carboxylic acid groups (broad SMARTS) is 1. The summed E-state index contributed by atoms with van der Waals surface area (Å²) in [6.07, 6.45) is 4.70. The maximum absolute atomic E-state index is 12.5. The van der Waals surface area contributed by atoms with E-state index in [1.54, 1.807) is 24.3 Å². The highest BCUT2D eigenvalue weighted by atomic mass is 16.5. The average molecular weight is 469 g/mol. The Morgan fingerprint density at radius 1 is 0.943 bits per heavy atom. The maximum Gasteiger partial charge on any atom is 0.407 e. The van der Waals surface area contributed by atoms with E-state index in [4.69, 9.17) is 16.3 Å². The summed E-state index contributed by atoms with van der Waals surface area (Å²) in [5.74, 6) is 0.661. The molecular formula is C28H24N2O5. The van der Waals surface area contributed by atoms with Crippen LogP contribution in [0.1, 0.15) is 33.0 Å². The number of hydrogen-bond donors (Lipinski definition) is 2. The SMILES string of the molecule is C#CCN(CC(=O)O)C(=O)c1ccc(CNC(=O)OCC2c3ccccc3-c3ccccc32)cc1. The predicted octanol–water partition coefficient (Wildman–Crippen LogP) is 3.89. The number of benzene rings is 3. The van der Waals surface area contributed by atoms with Gasteiger partial charge < -0.3 is 20.1 Å². The van der Waals surface area contributed by atoms with Gasteiger partial charge in [-0.1, -0.05) is 66.6 Å². The van der Waals surface area contributed by atoms with Crippen LogP contribution in [0.15, 0.2) is 72.8 Å². The zero-order chi connectivity index (χ0) is 24.8. The van der Waals surface area contributed by atoms with Crippen molar-refractivity contribution in [1.82, 2.24) is 10.2 Å². The summed E-state index contributed by atoms with van der Waals surface area (Å²) >= 11 is 0. The Bertz CT molecular complexity index is 1250. The molecule has 0 fully saturated rings. The third-order valence-corrected chi connectivity index (χ3v) is 5.88. The number of ether oxygens (including phenoxy) is 1. The highest BCUT2D eigenvalue weighted by Crippen LogP contribution is 2.44. The van der Waals surface area contributed by atoms with Gasteiger partial charge >= 0.3 is 12.1 Å². The van der Waals surface area contributed by atoms with Gasteiger partial charge in [-0.25, -0.2) is 4.79 Å². The van der Waals surface area contributed by atoms with Gasteiger partial charge in [0.25, 0.3) is 5.91 Å². The van der Waals surface area contributed by atoms with Crippen molar-refractivity contribution >= 4 is 18.0 Å². The molecule has 0 aliphatic heterocycles. The van der Waals surface area contributed by atoms with Gasteiger partial charge in [0.1, 0.15) is 13.2 Å². The number of carbonyl (C=O) groups is 3. The number of alkyl carbamates (subject to hydrolysis) is 1. The molecule has 0 unspecified atom stereocenters. The van der Waals surface area contributed by atoms with Crippen molar-refractivity contribution in [3.63, 3.8) is 0 Å². The van der Waals surface area contributed by atoms with Gasteiger partial charge in [0, 0.05) is 18.0 Å². The van der Waals surface area contributed by atoms with Crippen LogP contribution in [0, 0.1) is 12.3 Å². The highest BCUT2D eigenvalue weighted by Gasteiger charge is 2.29. The van der Waals surface area contributed by atoms with Crippen molar-refractivity contribution in [2.45, 2.75) is 12.5 Å². The van der Waals surface area contributed by atoms with Gasteiger partial charge in [0.05, 0.1) is 6.54 Å². The molecule has 7 heteroatoms. The summed E-state index contributed by atoms with van der Waals surface area (Å²) in [4.78, 5) is 36.9. The first-order valence-corrected chi connectivity index (χ1v) is 11.1. The normalized spacial score (nSPS) is 11.6. The molecule has 3 aromatic rings. The molecule has 0 saturated carbocycles. The van der Waals surface area contributed by atoms with Crippen LogP contribution in [0.4, 0.5) is 4.79 Å². The molecule has 3 aromatic carbocycles. The second-order valence-corrected chi connectivity index (χ2v) is 8.14. The van der Waals surface area contributed by atoms with E-state index in [1.807, 2.05) is 24.3 Å². The third-order valence-electron chi connectivity index (χ3n) is 5.88. The lowest BCUT2D eigenvalue weighted by molar-refractivity contribution is -0.137. The number of aliphatic carboxylic acids is 1. The number of rotatable bonds is 8. The standard InChI is InChI=1S/C28H24N2O5/c1-2-15-30(17-26(31)32)27(33)20-13-11-19(12-14-20)16-29-28(34)35-18-25-23-9-5-3-7-21(23)22-8-4-6-10-24(22)25/h1,3-14,25H,15-18H2,(H,29,34)(H,31,32). The zero-order valence-electron chi connectivity index (χ0n) is 18.9. The van der Waals surface area contributed by atoms with Crippen molar-refractivity contribution < 1.29 is 24.2 Å². The average Bonchev–Trinajstić information content (AvgIpc) is 3.19. The van der Waals surface area contributed by atoms with Gasteiger partial charge in [-0.05, 0) is 39.9 Å². The molecule has 0 bridgehead atoms. The molecule has 0 atom stereocenters. The number of nitrogens with one attached hydrogen (secondary N) is 1. The van der Waals surface area contributed by atoms with E-state index in [0.29, 0.717) is 5.56 Å². The Morgan fingerprint density at radius 3 is 2.11 bits per heavy atom. The monoisotopic (exact) mass is 468 g/mol. The lowest BCUT2D eigenvalue weighted by Gasteiger charge is -2.18. The fraction of sp³-hybridized carbons (Fsp3) is 0.179. The molecule has 0 saturated heterocycles. The summed E-state index contributed by atoms with van der Waals surface area (Å²) in [5, 5.41) is 11.7. The quantitative estimate of drug-likeness (QED) is 0.489. The molecular weight excluding hydrogens is 444 g/mol. The number of amides is 2. The zero-order valence-corrected chi connectivity index (χ0v) is 18.9. The number of terminal acetylenes is 1. The summed E-state index contributed by atoms with van der Waals surface area (Å²) in [5.41, 5.74) is 5.68. The molecule has 0 aromatic heterocycles. The van der Waals surface area contributed by atoms with Crippen LogP contribution >= 0.6 is 0 Å².